The number of aliphatic hydroxyl groups is 4. The van der Waals surface area contributed by atoms with E-state index < -0.39 is 59.9 Å². The summed E-state index contributed by atoms with van der Waals surface area (Å²) in [6.07, 6.45) is -2.56. The van der Waals surface area contributed by atoms with E-state index in [1.54, 1.807) is 0 Å². The lowest BCUT2D eigenvalue weighted by atomic mass is 10.2. The molecule has 4 N–H and O–H groups in total. The third-order valence-corrected chi connectivity index (χ3v) is 2.72. The van der Waals surface area contributed by atoms with E-state index in [4.69, 9.17) is 19.7 Å². The van der Waals surface area contributed by atoms with E-state index in [0.717, 1.165) is 12.1 Å². The van der Waals surface area contributed by atoms with E-state index in [0.29, 0.717) is 0 Å². The first-order valence-electron chi connectivity index (χ1n) is 6.60. The largest absolute Gasteiger partial charge is 0.487 e. The average Bonchev–Trinajstić information content (AvgIpc) is 2.56. The first kappa shape index (κ1) is 19.5. The van der Waals surface area contributed by atoms with Crippen LogP contribution in [0, 0.1) is 20.2 Å². The molecule has 0 spiro atoms. The fourth-order valence-corrected chi connectivity index (χ4v) is 1.53. The molecule has 0 aliphatic heterocycles. The second-order valence-corrected chi connectivity index (χ2v) is 4.60. The van der Waals surface area contributed by atoms with E-state index >= 15 is 0 Å². The quantitative estimate of drug-likeness (QED) is 0.301. The molecule has 134 valence electrons. The highest BCUT2D eigenvalue weighted by molar-refractivity contribution is 5.62. The van der Waals surface area contributed by atoms with Crippen molar-refractivity contribution in [3.8, 4) is 11.5 Å². The van der Waals surface area contributed by atoms with Crippen molar-refractivity contribution in [3.63, 3.8) is 0 Å². The summed E-state index contributed by atoms with van der Waals surface area (Å²) in [5.74, 6) is -0.602. The maximum absolute atomic E-state index is 10.9. The van der Waals surface area contributed by atoms with Crippen LogP contribution in [0.15, 0.2) is 12.1 Å². The van der Waals surface area contributed by atoms with Crippen LogP contribution in [0.1, 0.15) is 0 Å². The maximum atomic E-state index is 10.9. The second kappa shape index (κ2) is 8.93. The van der Waals surface area contributed by atoms with Gasteiger partial charge in [0.15, 0.2) is 11.5 Å². The fourth-order valence-electron chi connectivity index (χ4n) is 1.53. The average molecular weight is 348 g/mol. The molecule has 0 amide bonds. The molecule has 0 saturated carbocycles. The van der Waals surface area contributed by atoms with Crippen LogP contribution in [0.25, 0.3) is 0 Å². The minimum atomic E-state index is -1.28. The Morgan fingerprint density at radius 2 is 1.21 bits per heavy atom. The van der Waals surface area contributed by atoms with Gasteiger partial charge in [-0.2, -0.15) is 0 Å². The molecule has 2 atom stereocenters. The number of benzene rings is 1. The van der Waals surface area contributed by atoms with Crippen molar-refractivity contribution in [2.24, 2.45) is 0 Å². The first-order valence-corrected chi connectivity index (χ1v) is 6.60. The standard InChI is InChI=1S/C12H16N2O10/c15-3-7(17)5-23-11-1-9(13(19)20)10(14(21)22)2-12(11)24-6-8(18)4-16/h1-2,7-8,15-18H,3-6H2. The first-order chi connectivity index (χ1) is 11.3. The van der Waals surface area contributed by atoms with Crippen LogP contribution in [-0.2, 0) is 0 Å². The molecule has 1 aromatic carbocycles. The predicted molar refractivity (Wildman–Crippen MR) is 76.9 cm³/mol. The summed E-state index contributed by atoms with van der Waals surface area (Å²) in [7, 11) is 0. The lowest BCUT2D eigenvalue weighted by Gasteiger charge is -2.15. The second-order valence-electron chi connectivity index (χ2n) is 4.60. The van der Waals surface area contributed by atoms with E-state index in [2.05, 4.69) is 0 Å². The van der Waals surface area contributed by atoms with Crippen molar-refractivity contribution in [1.82, 2.24) is 0 Å². The molecule has 0 aliphatic rings. The van der Waals surface area contributed by atoms with Gasteiger partial charge in [-0.1, -0.05) is 0 Å². The van der Waals surface area contributed by atoms with E-state index in [-0.39, 0.29) is 11.5 Å². The molecule has 12 nitrogen and oxygen atoms in total. The van der Waals surface area contributed by atoms with Crippen molar-refractivity contribution >= 4 is 11.4 Å². The Kier molecular flexibility index (Phi) is 7.26. The number of aliphatic hydroxyl groups excluding tert-OH is 4. The molecule has 12 heteroatoms. The highest BCUT2D eigenvalue weighted by atomic mass is 16.6. The van der Waals surface area contributed by atoms with Crippen LogP contribution in [-0.4, -0.2) is 68.9 Å². The Hall–Kier alpha value is -2.54. The Bertz CT molecular complexity index is 542. The molecule has 0 fully saturated rings. The van der Waals surface area contributed by atoms with Crippen molar-refractivity contribution < 1.29 is 39.7 Å². The van der Waals surface area contributed by atoms with Gasteiger partial charge >= 0.3 is 11.4 Å². The van der Waals surface area contributed by atoms with E-state index in [1.165, 1.54) is 0 Å². The van der Waals surface area contributed by atoms with Gasteiger partial charge in [0.1, 0.15) is 25.4 Å². The zero-order chi connectivity index (χ0) is 18.3. The van der Waals surface area contributed by atoms with Crippen LogP contribution in [0.4, 0.5) is 11.4 Å². The van der Waals surface area contributed by atoms with Crippen molar-refractivity contribution in [2.75, 3.05) is 26.4 Å². The number of nitro benzene ring substituents is 2. The minimum Gasteiger partial charge on any atom is -0.487 e. The SMILES string of the molecule is O=[N+]([O-])c1cc(OCC(O)CO)c(OCC(O)CO)cc1[N+](=O)[O-]. The number of rotatable bonds is 10. The summed E-state index contributed by atoms with van der Waals surface area (Å²) < 4.78 is 10.2. The van der Waals surface area contributed by atoms with Gasteiger partial charge in [-0.25, -0.2) is 0 Å². The van der Waals surface area contributed by atoms with E-state index in [1.807, 2.05) is 0 Å². The molecule has 0 bridgehead atoms. The molecule has 0 radical (unpaired) electrons. The van der Waals surface area contributed by atoms with E-state index in [9.17, 15) is 30.4 Å². The Morgan fingerprint density at radius 3 is 1.46 bits per heavy atom. The molecule has 2 unspecified atom stereocenters. The van der Waals surface area contributed by atoms with Gasteiger partial charge in [0, 0.05) is 0 Å². The number of hydrogen-bond acceptors (Lipinski definition) is 10. The lowest BCUT2D eigenvalue weighted by Crippen LogP contribution is -2.23. The van der Waals surface area contributed by atoms with Crippen LogP contribution < -0.4 is 9.47 Å². The molecular formula is C12H16N2O10. The molecule has 0 heterocycles. The molecule has 0 saturated heterocycles. The minimum absolute atomic E-state index is 0.301. The number of nitrogens with zero attached hydrogens (tertiary/aromatic N) is 2. The van der Waals surface area contributed by atoms with Gasteiger partial charge in [-0.3, -0.25) is 20.2 Å². The lowest BCUT2D eigenvalue weighted by molar-refractivity contribution is -0.422. The summed E-state index contributed by atoms with van der Waals surface area (Å²) in [4.78, 5) is 19.9. The van der Waals surface area contributed by atoms with Gasteiger partial charge in [0.2, 0.25) is 0 Å². The predicted octanol–water partition coefficient (Wildman–Crippen LogP) is -1.03. The summed E-state index contributed by atoms with van der Waals surface area (Å²) in [5, 5.41) is 57.9. The van der Waals surface area contributed by atoms with Gasteiger partial charge in [-0.15, -0.1) is 0 Å². The maximum Gasteiger partial charge on any atom is 0.350 e. The van der Waals surface area contributed by atoms with Crippen LogP contribution >= 0.6 is 0 Å². The van der Waals surface area contributed by atoms with Crippen molar-refractivity contribution in [1.29, 1.82) is 0 Å². The third-order valence-electron chi connectivity index (χ3n) is 2.72. The molecule has 24 heavy (non-hydrogen) atoms. The van der Waals surface area contributed by atoms with Gasteiger partial charge in [0.25, 0.3) is 0 Å². The Labute approximate surface area is 134 Å². The molecular weight excluding hydrogens is 332 g/mol. The monoisotopic (exact) mass is 348 g/mol. The number of nitro groups is 2. The topological polar surface area (TPSA) is 186 Å². The van der Waals surface area contributed by atoms with Crippen LogP contribution in [0.2, 0.25) is 0 Å². The van der Waals surface area contributed by atoms with Gasteiger partial charge < -0.3 is 29.9 Å². The summed E-state index contributed by atoms with van der Waals surface area (Å²) >= 11 is 0. The Balaban J connectivity index is 3.20. The molecule has 0 aliphatic carbocycles. The highest BCUT2D eigenvalue weighted by Gasteiger charge is 2.29. The molecule has 1 aromatic rings. The normalized spacial score (nSPS) is 13.2. The molecule has 1 rings (SSSR count). The van der Waals surface area contributed by atoms with Crippen molar-refractivity contribution in [2.45, 2.75) is 12.2 Å². The Morgan fingerprint density at radius 1 is 0.875 bits per heavy atom. The zero-order valence-corrected chi connectivity index (χ0v) is 12.3. The van der Waals surface area contributed by atoms with Crippen LogP contribution in [0.3, 0.4) is 0 Å². The van der Waals surface area contributed by atoms with Crippen molar-refractivity contribution in [3.05, 3.63) is 32.4 Å². The smallest absolute Gasteiger partial charge is 0.350 e. The highest BCUT2D eigenvalue weighted by Crippen LogP contribution is 2.39. The van der Waals surface area contributed by atoms with Crippen LogP contribution in [0.5, 0.6) is 11.5 Å². The van der Waals surface area contributed by atoms with Gasteiger partial charge in [-0.05, 0) is 0 Å². The number of hydrogen-bond donors (Lipinski definition) is 4. The third kappa shape index (κ3) is 5.27. The number of ether oxygens (including phenoxy) is 2. The van der Waals surface area contributed by atoms with Gasteiger partial charge in [0.05, 0.1) is 35.2 Å². The summed E-state index contributed by atoms with van der Waals surface area (Å²) in [5.41, 5.74) is -1.72. The fraction of sp³-hybridized carbons (Fsp3) is 0.500. The summed E-state index contributed by atoms with van der Waals surface area (Å²) in [6.45, 7) is -2.17. The summed E-state index contributed by atoms with van der Waals surface area (Å²) in [6, 6.07) is 1.48. The molecule has 0 aromatic heterocycles. The zero-order valence-electron chi connectivity index (χ0n) is 12.3.